The molecule has 5 nitrogen and oxygen atoms in total. The first kappa shape index (κ1) is 19.5. The first-order valence-electron chi connectivity index (χ1n) is 8.92. The third-order valence-electron chi connectivity index (χ3n) is 4.63. The molecule has 1 aliphatic rings. The molecule has 0 saturated carbocycles. The van der Waals surface area contributed by atoms with Crippen LogP contribution in [-0.2, 0) is 24.1 Å². The normalized spacial score (nSPS) is 17.1. The summed E-state index contributed by atoms with van der Waals surface area (Å²) in [7, 11) is 0. The van der Waals surface area contributed by atoms with Crippen molar-refractivity contribution in [1.29, 1.82) is 0 Å². The van der Waals surface area contributed by atoms with Crippen LogP contribution in [0.4, 0.5) is 13.2 Å². The molecule has 0 unspecified atom stereocenters. The van der Waals surface area contributed by atoms with Crippen LogP contribution in [0.25, 0.3) is 0 Å². The Morgan fingerprint density at radius 1 is 1.03 bits per heavy atom. The third kappa shape index (κ3) is 4.29. The molecular weight excluding hydrogens is 401 g/mol. The Morgan fingerprint density at radius 3 is 2.52 bits per heavy atom. The van der Waals surface area contributed by atoms with E-state index in [1.54, 1.807) is 17.2 Å². The molecule has 150 valence electrons. The zero-order valence-electron chi connectivity index (χ0n) is 15.2. The summed E-state index contributed by atoms with van der Waals surface area (Å²) in [5.41, 5.74) is 0.988. The molecule has 1 atom stereocenters. The Bertz CT molecular complexity index is 1010. The fourth-order valence-corrected chi connectivity index (χ4v) is 4.38. The zero-order valence-corrected chi connectivity index (χ0v) is 16.0. The summed E-state index contributed by atoms with van der Waals surface area (Å²) in [4.78, 5) is 14.1. The summed E-state index contributed by atoms with van der Waals surface area (Å²) in [6.45, 7) is 0.397. The van der Waals surface area contributed by atoms with Crippen molar-refractivity contribution in [2.75, 3.05) is 5.75 Å². The first-order chi connectivity index (χ1) is 13.9. The highest BCUT2D eigenvalue weighted by atomic mass is 32.2. The van der Waals surface area contributed by atoms with Crippen LogP contribution in [0.3, 0.4) is 0 Å². The van der Waals surface area contributed by atoms with Crippen LogP contribution in [-0.4, -0.2) is 31.6 Å². The SMILES string of the molecule is O=C1CS[C@H](c2cn(Cc3ccccc3C(F)(F)F)nn2)N1Cc1ccccc1. The van der Waals surface area contributed by atoms with E-state index in [1.807, 2.05) is 30.3 Å². The van der Waals surface area contributed by atoms with Gasteiger partial charge in [-0.05, 0) is 17.2 Å². The van der Waals surface area contributed by atoms with Crippen LogP contribution < -0.4 is 0 Å². The topological polar surface area (TPSA) is 51.0 Å². The number of rotatable bonds is 5. The minimum absolute atomic E-state index is 0.000759. The van der Waals surface area contributed by atoms with Gasteiger partial charge < -0.3 is 4.90 Å². The summed E-state index contributed by atoms with van der Waals surface area (Å²) in [6.07, 6.45) is -2.82. The van der Waals surface area contributed by atoms with E-state index >= 15 is 0 Å². The summed E-state index contributed by atoms with van der Waals surface area (Å²) in [5, 5.41) is 7.81. The van der Waals surface area contributed by atoms with Crippen molar-refractivity contribution in [3.05, 3.63) is 83.2 Å². The lowest BCUT2D eigenvalue weighted by molar-refractivity contribution is -0.138. The second-order valence-electron chi connectivity index (χ2n) is 6.67. The number of carbonyl (C=O) groups is 1. The highest BCUT2D eigenvalue weighted by Gasteiger charge is 2.35. The molecule has 0 radical (unpaired) electrons. The van der Waals surface area contributed by atoms with Gasteiger partial charge in [0.15, 0.2) is 0 Å². The number of hydrogen-bond donors (Lipinski definition) is 0. The average Bonchev–Trinajstić information content (AvgIpc) is 3.29. The van der Waals surface area contributed by atoms with Gasteiger partial charge in [0.1, 0.15) is 11.1 Å². The third-order valence-corrected chi connectivity index (χ3v) is 5.85. The van der Waals surface area contributed by atoms with E-state index < -0.39 is 11.7 Å². The lowest BCUT2D eigenvalue weighted by atomic mass is 10.1. The van der Waals surface area contributed by atoms with Crippen molar-refractivity contribution in [2.45, 2.75) is 24.6 Å². The number of benzene rings is 2. The average molecular weight is 418 g/mol. The Labute approximate surface area is 169 Å². The lowest BCUT2D eigenvalue weighted by Crippen LogP contribution is -2.27. The van der Waals surface area contributed by atoms with E-state index in [9.17, 15) is 18.0 Å². The fraction of sp³-hybridized carbons (Fsp3) is 0.250. The van der Waals surface area contributed by atoms with Gasteiger partial charge in [0.2, 0.25) is 5.91 Å². The number of alkyl halides is 3. The maximum Gasteiger partial charge on any atom is 0.416 e. The quantitative estimate of drug-likeness (QED) is 0.626. The summed E-state index contributed by atoms with van der Waals surface area (Å²) in [5.74, 6) is 0.335. The Morgan fingerprint density at radius 2 is 1.76 bits per heavy atom. The van der Waals surface area contributed by atoms with Crippen molar-refractivity contribution in [1.82, 2.24) is 19.9 Å². The number of thioether (sulfide) groups is 1. The van der Waals surface area contributed by atoms with Crippen molar-refractivity contribution in [3.8, 4) is 0 Å². The highest BCUT2D eigenvalue weighted by molar-refractivity contribution is 8.00. The predicted molar refractivity (Wildman–Crippen MR) is 103 cm³/mol. The molecule has 29 heavy (non-hydrogen) atoms. The van der Waals surface area contributed by atoms with E-state index in [1.165, 1.54) is 28.6 Å². The van der Waals surface area contributed by atoms with E-state index in [4.69, 9.17) is 0 Å². The predicted octanol–water partition coefficient (Wildman–Crippen LogP) is 4.12. The zero-order chi connectivity index (χ0) is 20.4. The Hall–Kier alpha value is -2.81. The van der Waals surface area contributed by atoms with Crippen LogP contribution in [0, 0.1) is 0 Å². The smallest absolute Gasteiger partial charge is 0.320 e. The number of halogens is 3. The molecule has 3 aromatic rings. The first-order valence-corrected chi connectivity index (χ1v) is 9.97. The number of carbonyl (C=O) groups excluding carboxylic acids is 1. The van der Waals surface area contributed by atoms with Gasteiger partial charge in [-0.1, -0.05) is 53.7 Å². The van der Waals surface area contributed by atoms with E-state index in [0.29, 0.717) is 18.0 Å². The van der Waals surface area contributed by atoms with Crippen LogP contribution in [0.5, 0.6) is 0 Å². The van der Waals surface area contributed by atoms with E-state index in [2.05, 4.69) is 10.3 Å². The fourth-order valence-electron chi connectivity index (χ4n) is 3.26. The van der Waals surface area contributed by atoms with Gasteiger partial charge in [0.25, 0.3) is 0 Å². The molecule has 9 heteroatoms. The number of nitrogens with zero attached hydrogens (tertiary/aromatic N) is 4. The molecule has 1 amide bonds. The molecule has 2 aromatic carbocycles. The molecule has 1 fully saturated rings. The van der Waals surface area contributed by atoms with Crippen LogP contribution in [0.1, 0.15) is 27.8 Å². The molecule has 0 spiro atoms. The molecular formula is C20H17F3N4OS. The van der Waals surface area contributed by atoms with E-state index in [-0.39, 0.29) is 23.4 Å². The number of aromatic nitrogens is 3. The second kappa shape index (κ2) is 7.90. The minimum Gasteiger partial charge on any atom is -0.320 e. The molecule has 0 bridgehead atoms. The van der Waals surface area contributed by atoms with Gasteiger partial charge in [0.05, 0.1) is 24.1 Å². The molecule has 1 saturated heterocycles. The molecule has 4 rings (SSSR count). The van der Waals surface area contributed by atoms with Crippen molar-refractivity contribution in [2.24, 2.45) is 0 Å². The standard InChI is InChI=1S/C20H17F3N4OS/c21-20(22,23)16-9-5-4-8-15(16)11-26-12-17(24-25-26)19-27(18(28)13-29-19)10-14-6-2-1-3-7-14/h1-9,12,19H,10-11,13H2/t19-/m1/s1. The maximum atomic E-state index is 13.2. The van der Waals surface area contributed by atoms with Crippen molar-refractivity contribution in [3.63, 3.8) is 0 Å². The summed E-state index contributed by atoms with van der Waals surface area (Å²) in [6, 6.07) is 15.0. The van der Waals surface area contributed by atoms with Crippen molar-refractivity contribution >= 4 is 17.7 Å². The van der Waals surface area contributed by atoms with Gasteiger partial charge >= 0.3 is 6.18 Å². The van der Waals surface area contributed by atoms with Gasteiger partial charge in [-0.25, -0.2) is 4.68 Å². The monoisotopic (exact) mass is 418 g/mol. The molecule has 1 aromatic heterocycles. The molecule has 1 aliphatic heterocycles. The highest BCUT2D eigenvalue weighted by Crippen LogP contribution is 2.38. The van der Waals surface area contributed by atoms with Gasteiger partial charge in [0, 0.05) is 6.54 Å². The summed E-state index contributed by atoms with van der Waals surface area (Å²) >= 11 is 1.44. The van der Waals surface area contributed by atoms with Crippen LogP contribution >= 0.6 is 11.8 Å². The lowest BCUT2D eigenvalue weighted by Gasteiger charge is -2.22. The Balaban J connectivity index is 1.54. The maximum absolute atomic E-state index is 13.2. The Kier molecular flexibility index (Phi) is 5.31. The van der Waals surface area contributed by atoms with Crippen LogP contribution in [0.2, 0.25) is 0 Å². The molecule has 0 aliphatic carbocycles. The summed E-state index contributed by atoms with van der Waals surface area (Å²) < 4.78 is 41.0. The second-order valence-corrected chi connectivity index (χ2v) is 7.74. The molecule has 0 N–H and O–H groups in total. The van der Waals surface area contributed by atoms with Crippen LogP contribution in [0.15, 0.2) is 60.8 Å². The number of amides is 1. The van der Waals surface area contributed by atoms with Gasteiger partial charge in [-0.15, -0.1) is 16.9 Å². The van der Waals surface area contributed by atoms with E-state index in [0.717, 1.165) is 11.6 Å². The molecule has 2 heterocycles. The number of hydrogen-bond acceptors (Lipinski definition) is 4. The van der Waals surface area contributed by atoms with Crippen molar-refractivity contribution < 1.29 is 18.0 Å². The minimum atomic E-state index is -4.43. The largest absolute Gasteiger partial charge is 0.416 e. The van der Waals surface area contributed by atoms with Gasteiger partial charge in [-0.2, -0.15) is 13.2 Å². The van der Waals surface area contributed by atoms with Gasteiger partial charge in [-0.3, -0.25) is 4.79 Å².